The molecule has 2 saturated heterocycles. The first-order chi connectivity index (χ1) is 6.84. The van der Waals surface area contributed by atoms with Crippen molar-refractivity contribution >= 4 is 0 Å². The smallest absolute Gasteiger partial charge is 0.0507 e. The van der Waals surface area contributed by atoms with Crippen molar-refractivity contribution in [2.24, 2.45) is 5.92 Å². The van der Waals surface area contributed by atoms with E-state index in [2.05, 4.69) is 17.6 Å². The zero-order valence-electron chi connectivity index (χ0n) is 9.09. The van der Waals surface area contributed by atoms with Crippen molar-refractivity contribution < 1.29 is 4.74 Å². The fraction of sp³-hybridized carbons (Fsp3) is 1.00. The second kappa shape index (κ2) is 5.10. The van der Waals surface area contributed by atoms with Crippen LogP contribution in [0.4, 0.5) is 0 Å². The molecule has 2 fully saturated rings. The quantitative estimate of drug-likeness (QED) is 0.702. The molecule has 0 aliphatic carbocycles. The Morgan fingerprint density at radius 3 is 2.93 bits per heavy atom. The second-order valence-corrected chi connectivity index (χ2v) is 4.72. The van der Waals surface area contributed by atoms with E-state index >= 15 is 0 Å². The minimum atomic E-state index is 0.687. The van der Waals surface area contributed by atoms with Gasteiger partial charge in [-0.3, -0.25) is 0 Å². The molecule has 2 aliphatic heterocycles. The van der Waals surface area contributed by atoms with Crippen LogP contribution in [-0.4, -0.2) is 38.4 Å². The fourth-order valence-electron chi connectivity index (χ4n) is 2.25. The Morgan fingerprint density at radius 1 is 1.36 bits per heavy atom. The molecule has 2 N–H and O–H groups in total. The largest absolute Gasteiger partial charge is 0.381 e. The van der Waals surface area contributed by atoms with Crippen LogP contribution in [0.15, 0.2) is 0 Å². The zero-order valence-corrected chi connectivity index (χ0v) is 9.09. The lowest BCUT2D eigenvalue weighted by Crippen LogP contribution is -2.47. The molecular formula is C11H22N2O. The summed E-state index contributed by atoms with van der Waals surface area (Å²) < 4.78 is 5.36. The van der Waals surface area contributed by atoms with Gasteiger partial charge in [-0.1, -0.05) is 0 Å². The van der Waals surface area contributed by atoms with Gasteiger partial charge in [0.2, 0.25) is 0 Å². The Kier molecular flexibility index (Phi) is 3.79. The van der Waals surface area contributed by atoms with Crippen molar-refractivity contribution in [3.63, 3.8) is 0 Å². The van der Waals surface area contributed by atoms with E-state index in [0.717, 1.165) is 32.2 Å². The van der Waals surface area contributed by atoms with Crippen molar-refractivity contribution in [2.75, 3.05) is 26.3 Å². The summed E-state index contributed by atoms with van der Waals surface area (Å²) in [5.74, 6) is 0.759. The minimum absolute atomic E-state index is 0.687. The van der Waals surface area contributed by atoms with Crippen LogP contribution in [0.3, 0.4) is 0 Å². The summed E-state index contributed by atoms with van der Waals surface area (Å²) in [5, 5.41) is 7.16. The highest BCUT2D eigenvalue weighted by Crippen LogP contribution is 2.12. The predicted molar refractivity (Wildman–Crippen MR) is 57.4 cm³/mol. The number of hydrogen-bond donors (Lipinski definition) is 2. The van der Waals surface area contributed by atoms with Gasteiger partial charge in [-0.2, -0.15) is 0 Å². The molecule has 3 heteroatoms. The Morgan fingerprint density at radius 2 is 2.29 bits per heavy atom. The van der Waals surface area contributed by atoms with Gasteiger partial charge >= 0.3 is 0 Å². The fourth-order valence-corrected chi connectivity index (χ4v) is 2.25. The molecule has 3 unspecified atom stereocenters. The van der Waals surface area contributed by atoms with E-state index in [4.69, 9.17) is 4.74 Å². The van der Waals surface area contributed by atoms with Gasteiger partial charge in [-0.15, -0.1) is 0 Å². The van der Waals surface area contributed by atoms with Crippen LogP contribution in [0.2, 0.25) is 0 Å². The van der Waals surface area contributed by atoms with Gasteiger partial charge in [-0.25, -0.2) is 0 Å². The van der Waals surface area contributed by atoms with Crippen LogP contribution in [0.1, 0.15) is 26.2 Å². The van der Waals surface area contributed by atoms with Crippen molar-refractivity contribution in [2.45, 2.75) is 38.3 Å². The normalized spacial score (nSPS) is 38.8. The van der Waals surface area contributed by atoms with Gasteiger partial charge in [0, 0.05) is 31.8 Å². The number of ether oxygens (including phenoxy) is 1. The summed E-state index contributed by atoms with van der Waals surface area (Å²) in [5.41, 5.74) is 0. The van der Waals surface area contributed by atoms with E-state index in [1.807, 2.05) is 0 Å². The number of hydrogen-bond acceptors (Lipinski definition) is 3. The van der Waals surface area contributed by atoms with Gasteiger partial charge < -0.3 is 15.4 Å². The van der Waals surface area contributed by atoms with Crippen LogP contribution in [0, 0.1) is 5.92 Å². The van der Waals surface area contributed by atoms with Gasteiger partial charge in [0.15, 0.2) is 0 Å². The average Bonchev–Trinajstić information content (AvgIpc) is 2.70. The number of rotatable bonds is 3. The lowest BCUT2D eigenvalue weighted by Gasteiger charge is -2.29. The average molecular weight is 198 g/mol. The molecule has 0 aromatic heterocycles. The lowest BCUT2D eigenvalue weighted by molar-refractivity contribution is 0.183. The summed E-state index contributed by atoms with van der Waals surface area (Å²) in [6, 6.07) is 1.40. The van der Waals surface area contributed by atoms with Crippen LogP contribution in [0.25, 0.3) is 0 Å². The van der Waals surface area contributed by atoms with E-state index in [0.29, 0.717) is 12.1 Å². The molecule has 2 aliphatic rings. The Bertz CT molecular complexity index is 161. The summed E-state index contributed by atoms with van der Waals surface area (Å²) in [4.78, 5) is 0. The predicted octanol–water partition coefficient (Wildman–Crippen LogP) is 0.753. The van der Waals surface area contributed by atoms with Crippen LogP contribution >= 0.6 is 0 Å². The first kappa shape index (κ1) is 10.4. The van der Waals surface area contributed by atoms with E-state index in [1.54, 1.807) is 0 Å². The minimum Gasteiger partial charge on any atom is -0.381 e. The molecular weight excluding hydrogens is 176 g/mol. The summed E-state index contributed by atoms with van der Waals surface area (Å²) in [6.07, 6.45) is 3.87. The van der Waals surface area contributed by atoms with Crippen molar-refractivity contribution in [3.8, 4) is 0 Å². The van der Waals surface area contributed by atoms with E-state index < -0.39 is 0 Å². The molecule has 3 nitrogen and oxygen atoms in total. The third-order valence-electron chi connectivity index (χ3n) is 3.38. The Labute approximate surface area is 86.6 Å². The van der Waals surface area contributed by atoms with Crippen molar-refractivity contribution in [1.82, 2.24) is 10.6 Å². The van der Waals surface area contributed by atoms with Crippen LogP contribution < -0.4 is 10.6 Å². The summed E-state index contributed by atoms with van der Waals surface area (Å²) >= 11 is 0. The highest BCUT2D eigenvalue weighted by atomic mass is 16.5. The molecule has 0 amide bonds. The lowest BCUT2D eigenvalue weighted by atomic mass is 10.0. The molecule has 0 saturated carbocycles. The SMILES string of the molecule is CC1CCC(NCC2CCOC2)CN1. The highest BCUT2D eigenvalue weighted by molar-refractivity contribution is 4.80. The molecule has 0 aromatic carbocycles. The standard InChI is InChI=1S/C11H22N2O/c1-9-2-3-11(7-12-9)13-6-10-4-5-14-8-10/h9-13H,2-8H2,1H3. The molecule has 0 aromatic rings. The second-order valence-electron chi connectivity index (χ2n) is 4.72. The number of piperidine rings is 1. The summed E-state index contributed by atoms with van der Waals surface area (Å²) in [7, 11) is 0. The topological polar surface area (TPSA) is 33.3 Å². The molecule has 2 rings (SSSR count). The molecule has 0 spiro atoms. The molecule has 82 valence electrons. The molecule has 0 bridgehead atoms. The molecule has 0 radical (unpaired) electrons. The third-order valence-corrected chi connectivity index (χ3v) is 3.38. The third kappa shape index (κ3) is 2.94. The Balaban J connectivity index is 1.60. The monoisotopic (exact) mass is 198 g/mol. The maximum atomic E-state index is 5.36. The van der Waals surface area contributed by atoms with Gasteiger partial charge in [-0.05, 0) is 32.1 Å². The summed E-state index contributed by atoms with van der Waals surface area (Å²) in [6.45, 7) is 6.46. The van der Waals surface area contributed by atoms with Gasteiger partial charge in [0.05, 0.1) is 6.61 Å². The van der Waals surface area contributed by atoms with Gasteiger partial charge in [0.1, 0.15) is 0 Å². The zero-order chi connectivity index (χ0) is 9.80. The highest BCUT2D eigenvalue weighted by Gasteiger charge is 2.20. The van der Waals surface area contributed by atoms with E-state index in [9.17, 15) is 0 Å². The van der Waals surface area contributed by atoms with Crippen molar-refractivity contribution in [3.05, 3.63) is 0 Å². The molecule has 14 heavy (non-hydrogen) atoms. The van der Waals surface area contributed by atoms with Crippen LogP contribution in [0.5, 0.6) is 0 Å². The van der Waals surface area contributed by atoms with Gasteiger partial charge in [0.25, 0.3) is 0 Å². The van der Waals surface area contributed by atoms with E-state index in [-0.39, 0.29) is 0 Å². The first-order valence-corrected chi connectivity index (χ1v) is 5.89. The molecule has 2 heterocycles. The van der Waals surface area contributed by atoms with Crippen molar-refractivity contribution in [1.29, 1.82) is 0 Å². The van der Waals surface area contributed by atoms with E-state index in [1.165, 1.54) is 19.3 Å². The first-order valence-electron chi connectivity index (χ1n) is 5.89. The molecule has 3 atom stereocenters. The number of nitrogens with one attached hydrogen (secondary N) is 2. The maximum absolute atomic E-state index is 5.36. The maximum Gasteiger partial charge on any atom is 0.0507 e. The Hall–Kier alpha value is -0.120. The van der Waals surface area contributed by atoms with Crippen LogP contribution in [-0.2, 0) is 4.74 Å².